The van der Waals surface area contributed by atoms with Gasteiger partial charge >= 0.3 is 0 Å². The Hall–Kier alpha value is -0.960. The van der Waals surface area contributed by atoms with Gasteiger partial charge in [0.2, 0.25) is 0 Å². The molecule has 0 aromatic carbocycles. The van der Waals surface area contributed by atoms with Crippen LogP contribution in [0.2, 0.25) is 0 Å². The fraction of sp³-hybridized carbons (Fsp3) is 0.462. The highest BCUT2D eigenvalue weighted by Crippen LogP contribution is 2.37. The van der Waals surface area contributed by atoms with Crippen LogP contribution >= 0.6 is 12.6 Å². The van der Waals surface area contributed by atoms with E-state index < -0.39 is 0 Å². The molecule has 1 unspecified atom stereocenters. The van der Waals surface area contributed by atoms with Crippen molar-refractivity contribution >= 4 is 17.7 Å². The van der Waals surface area contributed by atoms with Crippen LogP contribution in [0.25, 0.3) is 0 Å². The van der Waals surface area contributed by atoms with Crippen molar-refractivity contribution in [2.24, 2.45) is 10.9 Å². The molecule has 0 amide bonds. The maximum absolute atomic E-state index is 4.51. The SMILES string of the molecule is CNC1=CCCC2CC=CC(/N=C(\C)S)=C12. The molecule has 0 spiro atoms. The van der Waals surface area contributed by atoms with Crippen LogP contribution in [0.4, 0.5) is 0 Å². The molecule has 1 N–H and O–H groups in total. The Bertz CT molecular complexity index is 398. The summed E-state index contributed by atoms with van der Waals surface area (Å²) in [5.41, 5.74) is 3.68. The fourth-order valence-corrected chi connectivity index (χ4v) is 2.54. The Kier molecular flexibility index (Phi) is 3.54. The molecule has 0 radical (unpaired) electrons. The van der Waals surface area contributed by atoms with E-state index in [1.807, 2.05) is 14.0 Å². The van der Waals surface area contributed by atoms with E-state index in [4.69, 9.17) is 0 Å². The molecule has 0 saturated carbocycles. The first-order chi connectivity index (χ1) is 7.72. The number of nitrogens with one attached hydrogen (secondary N) is 1. The standard InChI is InChI=1S/C13H18N2S/c1-9(16)15-12-8-4-6-10-5-3-7-11(14-2)13(10)12/h4,7-8,10,14H,3,5-6H2,1-2H3,(H,15,16). The van der Waals surface area contributed by atoms with Gasteiger partial charge in [0.05, 0.1) is 10.7 Å². The monoisotopic (exact) mass is 234 g/mol. The molecule has 0 heterocycles. The molecule has 0 fully saturated rings. The molecule has 0 aromatic rings. The quantitative estimate of drug-likeness (QED) is 0.428. The van der Waals surface area contributed by atoms with E-state index in [-0.39, 0.29) is 0 Å². The molecule has 0 bridgehead atoms. The van der Waals surface area contributed by atoms with Crippen LogP contribution in [-0.2, 0) is 0 Å². The van der Waals surface area contributed by atoms with Crippen molar-refractivity contribution in [2.45, 2.75) is 26.2 Å². The Balaban J connectivity index is 2.47. The molecule has 3 heteroatoms. The summed E-state index contributed by atoms with van der Waals surface area (Å²) in [5.74, 6) is 0.629. The third-order valence-electron chi connectivity index (χ3n) is 3.09. The van der Waals surface area contributed by atoms with E-state index >= 15 is 0 Å². The average Bonchev–Trinajstić information content (AvgIpc) is 2.28. The first-order valence-corrected chi connectivity index (χ1v) is 6.20. The number of aliphatic imine (C=N–C) groups is 1. The number of hydrogen-bond donors (Lipinski definition) is 2. The fourth-order valence-electron chi connectivity index (χ4n) is 2.43. The van der Waals surface area contributed by atoms with Crippen LogP contribution in [0.1, 0.15) is 26.2 Å². The van der Waals surface area contributed by atoms with Crippen LogP contribution in [-0.4, -0.2) is 12.1 Å². The summed E-state index contributed by atoms with van der Waals surface area (Å²) in [5, 5.41) is 4.10. The number of hydrogen-bond acceptors (Lipinski definition) is 2. The summed E-state index contributed by atoms with van der Waals surface area (Å²) < 4.78 is 0. The van der Waals surface area contributed by atoms with Gasteiger partial charge < -0.3 is 5.32 Å². The van der Waals surface area contributed by atoms with E-state index in [1.54, 1.807) is 0 Å². The predicted octanol–water partition coefficient (Wildman–Crippen LogP) is 3.06. The molecule has 86 valence electrons. The average molecular weight is 234 g/mol. The minimum Gasteiger partial charge on any atom is -0.388 e. The van der Waals surface area contributed by atoms with Crippen LogP contribution in [0.3, 0.4) is 0 Å². The number of allylic oxidation sites excluding steroid dienone is 4. The van der Waals surface area contributed by atoms with E-state index in [9.17, 15) is 0 Å². The van der Waals surface area contributed by atoms with Gasteiger partial charge in [0.25, 0.3) is 0 Å². The first kappa shape index (κ1) is 11.5. The first-order valence-electron chi connectivity index (χ1n) is 5.75. The largest absolute Gasteiger partial charge is 0.388 e. The molecule has 2 aliphatic carbocycles. The van der Waals surface area contributed by atoms with Crippen LogP contribution in [0.5, 0.6) is 0 Å². The lowest BCUT2D eigenvalue weighted by Gasteiger charge is -2.29. The van der Waals surface area contributed by atoms with Crippen molar-refractivity contribution < 1.29 is 0 Å². The molecule has 1 atom stereocenters. The van der Waals surface area contributed by atoms with Gasteiger partial charge in [-0.25, -0.2) is 4.99 Å². The molecular formula is C13H18N2S. The molecule has 0 aromatic heterocycles. The maximum Gasteiger partial charge on any atom is 0.0691 e. The zero-order chi connectivity index (χ0) is 11.5. The second-order valence-electron chi connectivity index (χ2n) is 4.24. The minimum atomic E-state index is 0.629. The van der Waals surface area contributed by atoms with Gasteiger partial charge in [0, 0.05) is 18.3 Å². The topological polar surface area (TPSA) is 24.4 Å². The highest BCUT2D eigenvalue weighted by molar-refractivity contribution is 7.96. The number of thiol groups is 1. The molecular weight excluding hydrogens is 216 g/mol. The Morgan fingerprint density at radius 2 is 2.38 bits per heavy atom. The van der Waals surface area contributed by atoms with Gasteiger partial charge in [-0.15, -0.1) is 12.6 Å². The second-order valence-corrected chi connectivity index (χ2v) is 4.89. The predicted molar refractivity (Wildman–Crippen MR) is 72.7 cm³/mol. The smallest absolute Gasteiger partial charge is 0.0691 e. The molecule has 2 aliphatic rings. The number of rotatable bonds is 2. The third-order valence-corrected chi connectivity index (χ3v) is 3.19. The lowest BCUT2D eigenvalue weighted by Crippen LogP contribution is -2.21. The van der Waals surface area contributed by atoms with E-state index in [0.717, 1.165) is 23.6 Å². The van der Waals surface area contributed by atoms with E-state index in [2.05, 4.69) is 41.2 Å². The second kappa shape index (κ2) is 4.91. The van der Waals surface area contributed by atoms with Gasteiger partial charge in [-0.1, -0.05) is 12.2 Å². The minimum absolute atomic E-state index is 0.629. The summed E-state index contributed by atoms with van der Waals surface area (Å²) in [4.78, 5) is 4.51. The zero-order valence-corrected chi connectivity index (χ0v) is 10.7. The van der Waals surface area contributed by atoms with Gasteiger partial charge in [-0.2, -0.15) is 0 Å². The van der Waals surface area contributed by atoms with Crippen molar-refractivity contribution in [3.05, 3.63) is 35.2 Å². The number of fused-ring (bicyclic) bond motifs is 1. The number of likely N-dealkylation sites (N-methyl/N-ethyl adjacent to an activating group) is 1. The highest BCUT2D eigenvalue weighted by atomic mass is 32.1. The van der Waals surface area contributed by atoms with Gasteiger partial charge in [-0.05, 0) is 38.2 Å². The molecule has 2 nitrogen and oxygen atoms in total. The van der Waals surface area contributed by atoms with Gasteiger partial charge in [0.1, 0.15) is 0 Å². The maximum atomic E-state index is 4.51. The summed E-state index contributed by atoms with van der Waals surface area (Å²) in [7, 11) is 1.98. The van der Waals surface area contributed by atoms with Crippen molar-refractivity contribution in [1.82, 2.24) is 5.32 Å². The molecule has 0 saturated heterocycles. The molecule has 0 aliphatic heterocycles. The van der Waals surface area contributed by atoms with Crippen molar-refractivity contribution in [1.29, 1.82) is 0 Å². The zero-order valence-electron chi connectivity index (χ0n) is 9.83. The van der Waals surface area contributed by atoms with Gasteiger partial charge in [0.15, 0.2) is 0 Å². The Morgan fingerprint density at radius 1 is 1.56 bits per heavy atom. The lowest BCUT2D eigenvalue weighted by atomic mass is 9.80. The summed E-state index contributed by atoms with van der Waals surface area (Å²) in [6, 6.07) is 0. The summed E-state index contributed by atoms with van der Waals surface area (Å²) in [6.07, 6.45) is 10.1. The van der Waals surface area contributed by atoms with Crippen molar-refractivity contribution in [3.63, 3.8) is 0 Å². The summed E-state index contributed by atoms with van der Waals surface area (Å²) >= 11 is 4.27. The third kappa shape index (κ3) is 2.24. The van der Waals surface area contributed by atoms with Crippen LogP contribution < -0.4 is 5.32 Å². The summed E-state index contributed by atoms with van der Waals surface area (Å²) in [6.45, 7) is 1.92. The van der Waals surface area contributed by atoms with E-state index in [0.29, 0.717) is 5.92 Å². The van der Waals surface area contributed by atoms with Crippen LogP contribution in [0, 0.1) is 5.92 Å². The van der Waals surface area contributed by atoms with Crippen molar-refractivity contribution in [2.75, 3.05) is 7.05 Å². The molecule has 16 heavy (non-hydrogen) atoms. The van der Waals surface area contributed by atoms with E-state index in [1.165, 1.54) is 17.7 Å². The Morgan fingerprint density at radius 3 is 3.06 bits per heavy atom. The van der Waals surface area contributed by atoms with Crippen LogP contribution in [0.15, 0.2) is 40.2 Å². The van der Waals surface area contributed by atoms with Gasteiger partial charge in [-0.3, -0.25) is 0 Å². The lowest BCUT2D eigenvalue weighted by molar-refractivity contribution is 0.540. The number of nitrogens with zero attached hydrogens (tertiary/aromatic N) is 1. The molecule has 2 rings (SSSR count). The van der Waals surface area contributed by atoms with Crippen molar-refractivity contribution in [3.8, 4) is 0 Å². The highest BCUT2D eigenvalue weighted by Gasteiger charge is 2.25. The normalized spacial score (nSPS) is 25.3. The Labute approximate surface area is 103 Å².